The van der Waals surface area contributed by atoms with Crippen LogP contribution in [-0.4, -0.2) is 16.8 Å². The van der Waals surface area contributed by atoms with Crippen molar-refractivity contribution < 1.29 is 14.0 Å². The predicted molar refractivity (Wildman–Crippen MR) is 55.6 cm³/mol. The third-order valence-corrected chi connectivity index (χ3v) is 2.40. The first-order chi connectivity index (χ1) is 7.77. The molecule has 5 nitrogen and oxygen atoms in total. The fourth-order valence-corrected chi connectivity index (χ4v) is 1.67. The van der Waals surface area contributed by atoms with E-state index in [1.807, 2.05) is 0 Å². The fourth-order valence-electron chi connectivity index (χ4n) is 1.67. The van der Waals surface area contributed by atoms with Crippen LogP contribution < -0.4 is 4.90 Å². The van der Waals surface area contributed by atoms with Crippen molar-refractivity contribution in [3.63, 3.8) is 0 Å². The zero-order valence-electron chi connectivity index (χ0n) is 8.08. The van der Waals surface area contributed by atoms with Gasteiger partial charge in [0.05, 0.1) is 5.39 Å². The molecule has 0 saturated heterocycles. The number of nitrogens with zero attached hydrogens (tertiary/aromatic N) is 2. The van der Waals surface area contributed by atoms with Gasteiger partial charge < -0.3 is 4.42 Å². The lowest BCUT2D eigenvalue weighted by Crippen LogP contribution is -2.29. The summed E-state index contributed by atoms with van der Waals surface area (Å²) in [4.78, 5) is 28.0. The van der Waals surface area contributed by atoms with Gasteiger partial charge in [-0.3, -0.25) is 14.6 Å². The minimum Gasteiger partial charge on any atom is -0.462 e. The largest absolute Gasteiger partial charge is 0.462 e. The van der Waals surface area contributed by atoms with Crippen LogP contribution in [0.2, 0.25) is 0 Å². The highest BCUT2D eigenvalue weighted by Gasteiger charge is 2.27. The number of anilines is 1. The Kier molecular flexibility index (Phi) is 1.67. The van der Waals surface area contributed by atoms with Crippen molar-refractivity contribution in [2.45, 2.75) is 0 Å². The number of pyridine rings is 1. The Morgan fingerprint density at radius 1 is 1.19 bits per heavy atom. The van der Waals surface area contributed by atoms with Crippen LogP contribution in [0, 0.1) is 0 Å². The van der Waals surface area contributed by atoms with E-state index >= 15 is 0 Å². The van der Waals surface area contributed by atoms with Gasteiger partial charge in [-0.25, -0.2) is 4.90 Å². The van der Waals surface area contributed by atoms with Gasteiger partial charge in [-0.05, 0) is 6.07 Å². The molecule has 3 rings (SSSR count). The van der Waals surface area contributed by atoms with E-state index in [2.05, 4.69) is 4.98 Å². The molecule has 0 saturated carbocycles. The van der Waals surface area contributed by atoms with E-state index in [0.29, 0.717) is 16.7 Å². The molecule has 78 valence electrons. The smallest absolute Gasteiger partial charge is 0.258 e. The van der Waals surface area contributed by atoms with Crippen molar-refractivity contribution in [2.75, 3.05) is 4.90 Å². The first kappa shape index (κ1) is 8.84. The average molecular weight is 214 g/mol. The molecule has 0 atom stereocenters. The molecule has 3 heterocycles. The Bertz CT molecular complexity index is 609. The van der Waals surface area contributed by atoms with Crippen LogP contribution in [0.15, 0.2) is 41.3 Å². The van der Waals surface area contributed by atoms with Gasteiger partial charge in [-0.1, -0.05) is 0 Å². The van der Waals surface area contributed by atoms with Gasteiger partial charge in [0.15, 0.2) is 0 Å². The quantitative estimate of drug-likeness (QED) is 0.670. The molecule has 0 bridgehead atoms. The number of imide groups is 1. The van der Waals surface area contributed by atoms with Gasteiger partial charge in [0, 0.05) is 24.5 Å². The van der Waals surface area contributed by atoms with E-state index in [9.17, 15) is 9.59 Å². The topological polar surface area (TPSA) is 63.4 Å². The van der Waals surface area contributed by atoms with Gasteiger partial charge in [0.2, 0.25) is 0 Å². The second-order valence-electron chi connectivity index (χ2n) is 3.34. The number of fused-ring (bicyclic) bond motifs is 1. The van der Waals surface area contributed by atoms with Crippen LogP contribution in [-0.2, 0) is 9.59 Å². The third-order valence-electron chi connectivity index (χ3n) is 2.40. The minimum absolute atomic E-state index is 0.364. The van der Waals surface area contributed by atoms with Crippen LogP contribution in [0.1, 0.15) is 0 Å². The SMILES string of the molecule is O=C1C=CC(=O)N1c1coc2ccncc12. The highest BCUT2D eigenvalue weighted by Crippen LogP contribution is 2.29. The molecule has 0 N–H and O–H groups in total. The lowest BCUT2D eigenvalue weighted by atomic mass is 10.3. The average Bonchev–Trinajstić information content (AvgIpc) is 2.83. The van der Waals surface area contributed by atoms with Crippen LogP contribution >= 0.6 is 0 Å². The summed E-state index contributed by atoms with van der Waals surface area (Å²) in [5.74, 6) is -0.729. The van der Waals surface area contributed by atoms with Crippen molar-refractivity contribution in [2.24, 2.45) is 0 Å². The van der Waals surface area contributed by atoms with Crippen molar-refractivity contribution in [3.8, 4) is 0 Å². The maximum Gasteiger partial charge on any atom is 0.258 e. The Hall–Kier alpha value is -2.43. The molecule has 0 aromatic carbocycles. The Morgan fingerprint density at radius 3 is 2.69 bits per heavy atom. The molecule has 1 aliphatic rings. The summed E-state index contributed by atoms with van der Waals surface area (Å²) in [6, 6.07) is 1.68. The number of hydrogen-bond acceptors (Lipinski definition) is 4. The molecule has 1 aliphatic heterocycles. The Labute approximate surface area is 90.0 Å². The van der Waals surface area contributed by atoms with Crippen LogP contribution in [0.4, 0.5) is 5.69 Å². The van der Waals surface area contributed by atoms with Crippen molar-refractivity contribution in [1.82, 2.24) is 4.98 Å². The molecule has 0 radical (unpaired) electrons. The molecule has 0 aliphatic carbocycles. The molecule has 16 heavy (non-hydrogen) atoms. The number of aromatic nitrogens is 1. The Balaban J connectivity index is 2.20. The van der Waals surface area contributed by atoms with E-state index < -0.39 is 0 Å². The minimum atomic E-state index is -0.364. The van der Waals surface area contributed by atoms with Crippen molar-refractivity contribution >= 4 is 28.5 Å². The standard InChI is InChI=1S/C11H6N2O3/c14-10-1-2-11(15)13(10)8-6-16-9-3-4-12-5-7(8)9/h1-6H. The summed E-state index contributed by atoms with van der Waals surface area (Å²) < 4.78 is 5.24. The van der Waals surface area contributed by atoms with E-state index in [1.165, 1.54) is 18.4 Å². The second kappa shape index (κ2) is 3.03. The maximum atomic E-state index is 11.5. The van der Waals surface area contributed by atoms with Gasteiger partial charge in [-0.2, -0.15) is 0 Å². The van der Waals surface area contributed by atoms with E-state index in [0.717, 1.165) is 4.90 Å². The zero-order valence-corrected chi connectivity index (χ0v) is 8.08. The van der Waals surface area contributed by atoms with E-state index in [1.54, 1.807) is 18.5 Å². The van der Waals surface area contributed by atoms with Gasteiger partial charge in [-0.15, -0.1) is 0 Å². The summed E-state index contributed by atoms with van der Waals surface area (Å²) in [7, 11) is 0. The lowest BCUT2D eigenvalue weighted by Gasteiger charge is -2.10. The number of furan rings is 1. The number of rotatable bonds is 1. The monoisotopic (exact) mass is 214 g/mol. The molecule has 0 spiro atoms. The fraction of sp³-hybridized carbons (Fsp3) is 0. The van der Waals surface area contributed by atoms with Crippen LogP contribution in [0.3, 0.4) is 0 Å². The second-order valence-corrected chi connectivity index (χ2v) is 3.34. The molecule has 0 fully saturated rings. The van der Waals surface area contributed by atoms with Gasteiger partial charge in [0.1, 0.15) is 17.5 Å². The first-order valence-electron chi connectivity index (χ1n) is 4.65. The normalized spacial score (nSPS) is 15.4. The highest BCUT2D eigenvalue weighted by atomic mass is 16.3. The number of carbonyl (C=O) groups excluding carboxylic acids is 2. The van der Waals surface area contributed by atoms with Crippen LogP contribution in [0.5, 0.6) is 0 Å². The predicted octanol–water partition coefficient (Wildman–Crippen LogP) is 1.26. The summed E-state index contributed by atoms with van der Waals surface area (Å²) in [6.45, 7) is 0. The van der Waals surface area contributed by atoms with Crippen LogP contribution in [0.25, 0.3) is 11.0 Å². The maximum absolute atomic E-state index is 11.5. The molecule has 2 aromatic rings. The molecule has 2 aromatic heterocycles. The summed E-state index contributed by atoms with van der Waals surface area (Å²) in [6.07, 6.45) is 7.00. The van der Waals surface area contributed by atoms with E-state index in [-0.39, 0.29) is 11.8 Å². The molecular weight excluding hydrogens is 208 g/mol. The summed E-state index contributed by atoms with van der Waals surface area (Å²) in [5, 5.41) is 0.646. The van der Waals surface area contributed by atoms with Gasteiger partial charge in [0.25, 0.3) is 11.8 Å². The van der Waals surface area contributed by atoms with Crippen molar-refractivity contribution in [1.29, 1.82) is 0 Å². The number of carbonyl (C=O) groups is 2. The molecule has 0 unspecified atom stereocenters. The zero-order chi connectivity index (χ0) is 11.1. The molecular formula is C11H6N2O3. The van der Waals surface area contributed by atoms with E-state index in [4.69, 9.17) is 4.42 Å². The lowest BCUT2D eigenvalue weighted by molar-refractivity contribution is -0.119. The summed E-state index contributed by atoms with van der Waals surface area (Å²) >= 11 is 0. The molecule has 2 amide bonds. The summed E-state index contributed by atoms with van der Waals surface area (Å²) in [5.41, 5.74) is 1.03. The number of amides is 2. The highest BCUT2D eigenvalue weighted by molar-refractivity contribution is 6.30. The Morgan fingerprint density at radius 2 is 1.94 bits per heavy atom. The molecule has 5 heteroatoms. The van der Waals surface area contributed by atoms with Crippen molar-refractivity contribution in [3.05, 3.63) is 36.9 Å². The first-order valence-corrected chi connectivity index (χ1v) is 4.65. The van der Waals surface area contributed by atoms with Gasteiger partial charge >= 0.3 is 0 Å². The number of hydrogen-bond donors (Lipinski definition) is 0. The third kappa shape index (κ3) is 1.08.